The number of benzene rings is 1. The van der Waals surface area contributed by atoms with Crippen LogP contribution in [0.4, 0.5) is 10.1 Å². The fraction of sp³-hybridized carbons (Fsp3) is 0.300. The van der Waals surface area contributed by atoms with Gasteiger partial charge < -0.3 is 11.1 Å². The highest BCUT2D eigenvalue weighted by atomic mass is 79.9. The van der Waals surface area contributed by atoms with Crippen molar-refractivity contribution in [1.29, 1.82) is 0 Å². The van der Waals surface area contributed by atoms with Crippen molar-refractivity contribution in [2.75, 3.05) is 12.8 Å². The standard InChI is InChI=1S/C10H13BrFN3O3S/c1-5(10(16)14-2)15-19(17,18)9-4-8(13)6(11)3-7(9)12/h3-5,15H,13H2,1-2H3,(H,14,16). The minimum Gasteiger partial charge on any atom is -0.398 e. The number of halogens is 2. The number of anilines is 1. The highest BCUT2D eigenvalue weighted by Crippen LogP contribution is 2.26. The quantitative estimate of drug-likeness (QED) is 0.689. The molecule has 1 aromatic rings. The van der Waals surface area contributed by atoms with E-state index in [-0.39, 0.29) is 10.2 Å². The number of carbonyl (C=O) groups is 1. The Kier molecular flexibility index (Phi) is 4.88. The molecule has 1 aromatic carbocycles. The van der Waals surface area contributed by atoms with E-state index >= 15 is 0 Å². The van der Waals surface area contributed by atoms with Crippen LogP contribution in [0.3, 0.4) is 0 Å². The summed E-state index contributed by atoms with van der Waals surface area (Å²) in [5.41, 5.74) is 5.60. The van der Waals surface area contributed by atoms with Gasteiger partial charge in [-0.05, 0) is 35.0 Å². The van der Waals surface area contributed by atoms with E-state index in [0.29, 0.717) is 0 Å². The molecule has 0 heterocycles. The number of hydrogen-bond donors (Lipinski definition) is 3. The molecule has 0 saturated heterocycles. The van der Waals surface area contributed by atoms with Crippen molar-refractivity contribution in [1.82, 2.24) is 10.0 Å². The molecule has 0 bridgehead atoms. The van der Waals surface area contributed by atoms with E-state index in [4.69, 9.17) is 5.73 Å². The van der Waals surface area contributed by atoms with Crippen molar-refractivity contribution in [3.05, 3.63) is 22.4 Å². The number of amides is 1. The lowest BCUT2D eigenvalue weighted by molar-refractivity contribution is -0.121. The summed E-state index contributed by atoms with van der Waals surface area (Å²) in [6.07, 6.45) is 0. The van der Waals surface area contributed by atoms with Gasteiger partial charge in [-0.1, -0.05) is 0 Å². The molecule has 1 amide bonds. The Balaban J connectivity index is 3.14. The molecule has 0 aliphatic heterocycles. The van der Waals surface area contributed by atoms with E-state index in [1.165, 1.54) is 14.0 Å². The Labute approximate surface area is 118 Å². The van der Waals surface area contributed by atoms with Gasteiger partial charge in [0.2, 0.25) is 15.9 Å². The zero-order chi connectivity index (χ0) is 14.8. The van der Waals surface area contributed by atoms with E-state index in [1.807, 2.05) is 0 Å². The van der Waals surface area contributed by atoms with Crippen molar-refractivity contribution >= 4 is 37.5 Å². The number of rotatable bonds is 4. The zero-order valence-electron chi connectivity index (χ0n) is 10.2. The maximum Gasteiger partial charge on any atom is 0.244 e. The molecule has 1 unspecified atom stereocenters. The number of sulfonamides is 1. The van der Waals surface area contributed by atoms with Gasteiger partial charge in [0, 0.05) is 17.2 Å². The molecular weight excluding hydrogens is 341 g/mol. The molecule has 0 saturated carbocycles. The van der Waals surface area contributed by atoms with Gasteiger partial charge in [0.15, 0.2) is 0 Å². The molecule has 19 heavy (non-hydrogen) atoms. The summed E-state index contributed by atoms with van der Waals surface area (Å²) in [5.74, 6) is -1.49. The second-order valence-electron chi connectivity index (χ2n) is 3.76. The van der Waals surface area contributed by atoms with Gasteiger partial charge in [-0.15, -0.1) is 0 Å². The Bertz CT molecular complexity index is 606. The van der Waals surface area contributed by atoms with Gasteiger partial charge in [-0.25, -0.2) is 12.8 Å². The molecule has 0 aromatic heterocycles. The van der Waals surface area contributed by atoms with Gasteiger partial charge >= 0.3 is 0 Å². The maximum absolute atomic E-state index is 13.7. The molecule has 0 fully saturated rings. The Morgan fingerprint density at radius 3 is 2.58 bits per heavy atom. The SMILES string of the molecule is CNC(=O)C(C)NS(=O)(=O)c1cc(N)c(Br)cc1F. The second-order valence-corrected chi connectivity index (χ2v) is 6.30. The van der Waals surface area contributed by atoms with Crippen LogP contribution in [-0.2, 0) is 14.8 Å². The molecular formula is C10H13BrFN3O3S. The van der Waals surface area contributed by atoms with Crippen LogP contribution in [-0.4, -0.2) is 27.4 Å². The number of nitrogens with one attached hydrogen (secondary N) is 2. The molecule has 9 heteroatoms. The van der Waals surface area contributed by atoms with Gasteiger partial charge in [0.05, 0.1) is 6.04 Å². The highest BCUT2D eigenvalue weighted by molar-refractivity contribution is 9.10. The maximum atomic E-state index is 13.7. The van der Waals surface area contributed by atoms with Crippen LogP contribution in [0.5, 0.6) is 0 Å². The van der Waals surface area contributed by atoms with Crippen LogP contribution < -0.4 is 15.8 Å². The molecule has 6 nitrogen and oxygen atoms in total. The summed E-state index contributed by atoms with van der Waals surface area (Å²) in [7, 11) is -2.80. The number of nitrogen functional groups attached to an aromatic ring is 1. The first-order valence-electron chi connectivity index (χ1n) is 5.17. The van der Waals surface area contributed by atoms with Crippen LogP contribution in [0, 0.1) is 5.82 Å². The highest BCUT2D eigenvalue weighted by Gasteiger charge is 2.25. The number of nitrogens with two attached hydrogens (primary N) is 1. The van der Waals surface area contributed by atoms with Crippen LogP contribution in [0.15, 0.2) is 21.5 Å². The number of hydrogen-bond acceptors (Lipinski definition) is 4. The van der Waals surface area contributed by atoms with Gasteiger partial charge in [0.1, 0.15) is 10.7 Å². The number of likely N-dealkylation sites (N-methyl/N-ethyl adjacent to an activating group) is 1. The number of carbonyl (C=O) groups excluding carboxylic acids is 1. The summed E-state index contributed by atoms with van der Waals surface area (Å²) in [5, 5.41) is 2.28. The molecule has 0 radical (unpaired) electrons. The van der Waals surface area contributed by atoms with E-state index in [2.05, 4.69) is 26.0 Å². The average molecular weight is 354 g/mol. The molecule has 0 aliphatic carbocycles. The average Bonchev–Trinajstić information content (AvgIpc) is 2.31. The fourth-order valence-electron chi connectivity index (χ4n) is 1.32. The monoisotopic (exact) mass is 353 g/mol. The van der Waals surface area contributed by atoms with E-state index in [9.17, 15) is 17.6 Å². The molecule has 1 atom stereocenters. The van der Waals surface area contributed by atoms with Gasteiger partial charge in [-0.2, -0.15) is 4.72 Å². The first-order valence-corrected chi connectivity index (χ1v) is 7.45. The topological polar surface area (TPSA) is 101 Å². The summed E-state index contributed by atoms with van der Waals surface area (Å²) >= 11 is 2.99. The third-order valence-electron chi connectivity index (χ3n) is 2.31. The van der Waals surface area contributed by atoms with E-state index in [0.717, 1.165) is 12.1 Å². The first-order chi connectivity index (χ1) is 8.69. The van der Waals surface area contributed by atoms with Crippen molar-refractivity contribution in [2.24, 2.45) is 0 Å². The Morgan fingerprint density at radius 2 is 2.05 bits per heavy atom. The predicted octanol–water partition coefficient (Wildman–Crippen LogP) is 0.583. The van der Waals surface area contributed by atoms with Crippen molar-refractivity contribution in [2.45, 2.75) is 17.9 Å². The molecule has 106 valence electrons. The Hall–Kier alpha value is -1.19. The molecule has 0 spiro atoms. The second kappa shape index (κ2) is 5.85. The first kappa shape index (κ1) is 15.9. The minimum absolute atomic E-state index is 0.0781. The summed E-state index contributed by atoms with van der Waals surface area (Å²) < 4.78 is 39.9. The fourth-order valence-corrected chi connectivity index (χ4v) is 2.93. The van der Waals surface area contributed by atoms with E-state index < -0.39 is 32.7 Å². The lowest BCUT2D eigenvalue weighted by atomic mass is 10.3. The molecule has 4 N–H and O–H groups in total. The summed E-state index contributed by atoms with van der Waals surface area (Å²) in [4.78, 5) is 10.7. The molecule has 1 rings (SSSR count). The normalized spacial score (nSPS) is 13.1. The largest absolute Gasteiger partial charge is 0.398 e. The third-order valence-corrected chi connectivity index (χ3v) is 4.55. The predicted molar refractivity (Wildman–Crippen MR) is 72.4 cm³/mol. The zero-order valence-corrected chi connectivity index (χ0v) is 12.6. The van der Waals surface area contributed by atoms with Crippen molar-refractivity contribution < 1.29 is 17.6 Å². The summed E-state index contributed by atoms with van der Waals surface area (Å²) in [6.45, 7) is 1.34. The van der Waals surface area contributed by atoms with Crippen LogP contribution in [0.25, 0.3) is 0 Å². The molecule has 0 aliphatic rings. The van der Waals surface area contributed by atoms with Gasteiger partial charge in [-0.3, -0.25) is 4.79 Å². The minimum atomic E-state index is -4.17. The van der Waals surface area contributed by atoms with Crippen molar-refractivity contribution in [3.8, 4) is 0 Å². The van der Waals surface area contributed by atoms with Gasteiger partial charge in [0.25, 0.3) is 0 Å². The summed E-state index contributed by atoms with van der Waals surface area (Å²) in [6, 6.07) is 0.909. The lowest BCUT2D eigenvalue weighted by Gasteiger charge is -2.14. The van der Waals surface area contributed by atoms with Crippen molar-refractivity contribution in [3.63, 3.8) is 0 Å². The van der Waals surface area contributed by atoms with Crippen LogP contribution in [0.1, 0.15) is 6.92 Å². The lowest BCUT2D eigenvalue weighted by Crippen LogP contribution is -2.43. The Morgan fingerprint density at radius 1 is 1.47 bits per heavy atom. The third kappa shape index (κ3) is 3.64. The van der Waals surface area contributed by atoms with Crippen LogP contribution >= 0.6 is 15.9 Å². The smallest absolute Gasteiger partial charge is 0.244 e. The van der Waals surface area contributed by atoms with Crippen LogP contribution in [0.2, 0.25) is 0 Å². The van der Waals surface area contributed by atoms with E-state index in [1.54, 1.807) is 0 Å².